The molecule has 90 valence electrons. The Balaban J connectivity index is 2.65. The molecule has 5 heteroatoms. The van der Waals surface area contributed by atoms with Gasteiger partial charge in [-0.2, -0.15) is 0 Å². The summed E-state index contributed by atoms with van der Waals surface area (Å²) >= 11 is 11.7. The second kappa shape index (κ2) is 6.39. The number of rotatable bonds is 4. The number of nitrogens with one attached hydrogen (secondary N) is 2. The van der Waals surface area contributed by atoms with Crippen LogP contribution in [0, 0.1) is 12.3 Å². The van der Waals surface area contributed by atoms with E-state index in [0.717, 1.165) is 0 Å². The number of benzene rings is 1. The number of carbonyl (C=O) groups excluding carboxylic acids is 1. The van der Waals surface area contributed by atoms with Crippen molar-refractivity contribution in [2.75, 3.05) is 11.9 Å². The summed E-state index contributed by atoms with van der Waals surface area (Å²) in [7, 11) is 0. The minimum Gasteiger partial charge on any atom is -0.373 e. The first-order chi connectivity index (χ1) is 8.04. The molecule has 1 unspecified atom stereocenters. The van der Waals surface area contributed by atoms with Gasteiger partial charge in [0.25, 0.3) is 0 Å². The van der Waals surface area contributed by atoms with Crippen molar-refractivity contribution in [1.82, 2.24) is 5.32 Å². The van der Waals surface area contributed by atoms with E-state index < -0.39 is 6.04 Å². The normalized spacial score (nSPS) is 11.4. The molecule has 0 aliphatic rings. The molecule has 0 bridgehead atoms. The molecule has 0 radical (unpaired) electrons. The predicted octanol–water partition coefficient (Wildman–Crippen LogP) is 2.54. The maximum absolute atomic E-state index is 11.5. The molecule has 2 N–H and O–H groups in total. The van der Waals surface area contributed by atoms with Gasteiger partial charge >= 0.3 is 0 Å². The number of hydrogen-bond acceptors (Lipinski definition) is 2. The Morgan fingerprint density at radius 1 is 1.53 bits per heavy atom. The summed E-state index contributed by atoms with van der Waals surface area (Å²) in [4.78, 5) is 11.5. The largest absolute Gasteiger partial charge is 0.373 e. The highest BCUT2D eigenvalue weighted by atomic mass is 35.5. The number of terminal acetylenes is 1. The number of amides is 1. The highest BCUT2D eigenvalue weighted by molar-refractivity contribution is 6.36. The molecule has 1 aromatic rings. The molecule has 1 amide bonds. The first kappa shape index (κ1) is 13.7. The number of anilines is 1. The summed E-state index contributed by atoms with van der Waals surface area (Å²) in [6.07, 6.45) is 5.05. The Morgan fingerprint density at radius 2 is 2.24 bits per heavy atom. The molecular weight excluding hydrogens is 259 g/mol. The van der Waals surface area contributed by atoms with Gasteiger partial charge in [-0.3, -0.25) is 4.79 Å². The third kappa shape index (κ3) is 4.18. The second-order valence-corrected chi connectivity index (χ2v) is 4.26. The van der Waals surface area contributed by atoms with Crippen LogP contribution in [0.25, 0.3) is 0 Å². The molecule has 0 saturated carbocycles. The third-order valence-electron chi connectivity index (χ3n) is 2.06. The van der Waals surface area contributed by atoms with E-state index in [1.54, 1.807) is 25.1 Å². The van der Waals surface area contributed by atoms with Gasteiger partial charge in [0.05, 0.1) is 17.3 Å². The molecule has 0 saturated heterocycles. The Labute approximate surface area is 110 Å². The fourth-order valence-electron chi connectivity index (χ4n) is 1.20. The lowest BCUT2D eigenvalue weighted by molar-refractivity contribution is -0.121. The minimum absolute atomic E-state index is 0.186. The number of halogens is 2. The fraction of sp³-hybridized carbons (Fsp3) is 0.250. The molecule has 0 fully saturated rings. The minimum atomic E-state index is -0.429. The van der Waals surface area contributed by atoms with E-state index in [-0.39, 0.29) is 12.5 Å². The monoisotopic (exact) mass is 270 g/mol. The molecule has 0 spiro atoms. The van der Waals surface area contributed by atoms with Crippen molar-refractivity contribution in [3.63, 3.8) is 0 Å². The van der Waals surface area contributed by atoms with Crippen molar-refractivity contribution in [1.29, 1.82) is 0 Å². The molecule has 1 rings (SSSR count). The van der Waals surface area contributed by atoms with Crippen LogP contribution in [-0.4, -0.2) is 18.5 Å². The van der Waals surface area contributed by atoms with Crippen molar-refractivity contribution in [2.24, 2.45) is 0 Å². The molecule has 17 heavy (non-hydrogen) atoms. The highest BCUT2D eigenvalue weighted by Gasteiger charge is 2.12. The van der Waals surface area contributed by atoms with Crippen molar-refractivity contribution in [3.05, 3.63) is 28.2 Å². The summed E-state index contributed by atoms with van der Waals surface area (Å²) in [5.74, 6) is 2.15. The second-order valence-electron chi connectivity index (χ2n) is 3.41. The van der Waals surface area contributed by atoms with Crippen molar-refractivity contribution in [3.8, 4) is 12.3 Å². The molecule has 1 atom stereocenters. The topological polar surface area (TPSA) is 41.1 Å². The summed E-state index contributed by atoms with van der Waals surface area (Å²) in [5, 5.41) is 6.56. The maximum atomic E-state index is 11.5. The van der Waals surface area contributed by atoms with E-state index in [0.29, 0.717) is 15.7 Å². The SMILES string of the molecule is C#CCNC(=O)C(C)Nc1ccc(Cl)cc1Cl. The number of carbonyl (C=O) groups is 1. The van der Waals surface area contributed by atoms with Crippen molar-refractivity contribution < 1.29 is 4.79 Å². The third-order valence-corrected chi connectivity index (χ3v) is 2.61. The predicted molar refractivity (Wildman–Crippen MR) is 71.4 cm³/mol. The van der Waals surface area contributed by atoms with Crippen molar-refractivity contribution >= 4 is 34.8 Å². The average Bonchev–Trinajstić information content (AvgIpc) is 2.29. The molecule has 3 nitrogen and oxygen atoms in total. The Morgan fingerprint density at radius 3 is 2.82 bits per heavy atom. The van der Waals surface area contributed by atoms with Crippen LogP contribution in [0.3, 0.4) is 0 Å². The van der Waals surface area contributed by atoms with Gasteiger partial charge in [0, 0.05) is 5.02 Å². The van der Waals surface area contributed by atoms with Crippen LogP contribution in [0.15, 0.2) is 18.2 Å². The van der Waals surface area contributed by atoms with Crippen LogP contribution >= 0.6 is 23.2 Å². The first-order valence-corrected chi connectivity index (χ1v) is 5.73. The van der Waals surface area contributed by atoms with Gasteiger partial charge in [-0.15, -0.1) is 6.42 Å². The van der Waals surface area contributed by atoms with Crippen LogP contribution in [0.4, 0.5) is 5.69 Å². The van der Waals surface area contributed by atoms with E-state index in [1.165, 1.54) is 0 Å². The summed E-state index contributed by atoms with van der Waals surface area (Å²) in [6.45, 7) is 1.93. The Bertz CT molecular complexity index is 454. The molecule has 0 aliphatic carbocycles. The zero-order valence-electron chi connectivity index (χ0n) is 9.26. The van der Waals surface area contributed by atoms with Crippen LogP contribution in [0.5, 0.6) is 0 Å². The summed E-state index contributed by atoms with van der Waals surface area (Å²) in [5.41, 5.74) is 0.652. The average molecular weight is 271 g/mol. The zero-order chi connectivity index (χ0) is 12.8. The van der Waals surface area contributed by atoms with Crippen LogP contribution in [0.1, 0.15) is 6.92 Å². The smallest absolute Gasteiger partial charge is 0.242 e. The van der Waals surface area contributed by atoms with Gasteiger partial charge in [0.15, 0.2) is 0 Å². The van der Waals surface area contributed by atoms with E-state index in [4.69, 9.17) is 29.6 Å². The van der Waals surface area contributed by atoms with Gasteiger partial charge in [-0.05, 0) is 25.1 Å². The van der Waals surface area contributed by atoms with Gasteiger partial charge in [-0.25, -0.2) is 0 Å². The maximum Gasteiger partial charge on any atom is 0.242 e. The summed E-state index contributed by atoms with van der Waals surface area (Å²) < 4.78 is 0. The lowest BCUT2D eigenvalue weighted by Crippen LogP contribution is -2.37. The molecule has 1 aromatic carbocycles. The van der Waals surface area contributed by atoms with E-state index >= 15 is 0 Å². The lowest BCUT2D eigenvalue weighted by atomic mass is 10.2. The lowest BCUT2D eigenvalue weighted by Gasteiger charge is -2.15. The van der Waals surface area contributed by atoms with Crippen LogP contribution in [-0.2, 0) is 4.79 Å². The van der Waals surface area contributed by atoms with E-state index in [9.17, 15) is 4.79 Å². The van der Waals surface area contributed by atoms with Crippen molar-refractivity contribution in [2.45, 2.75) is 13.0 Å². The summed E-state index contributed by atoms with van der Waals surface area (Å²) in [6, 6.07) is 4.59. The van der Waals surface area contributed by atoms with Gasteiger partial charge in [-0.1, -0.05) is 29.1 Å². The van der Waals surface area contributed by atoms with Gasteiger partial charge in [0.2, 0.25) is 5.91 Å². The van der Waals surface area contributed by atoms with Crippen LogP contribution in [0.2, 0.25) is 10.0 Å². The van der Waals surface area contributed by atoms with E-state index in [1.807, 2.05) is 0 Å². The molecule has 0 aromatic heterocycles. The van der Waals surface area contributed by atoms with Gasteiger partial charge in [0.1, 0.15) is 6.04 Å². The number of hydrogen-bond donors (Lipinski definition) is 2. The Hall–Kier alpha value is -1.37. The fourth-order valence-corrected chi connectivity index (χ4v) is 1.66. The molecule has 0 heterocycles. The molecular formula is C12H12Cl2N2O. The molecule has 0 aliphatic heterocycles. The van der Waals surface area contributed by atoms with E-state index in [2.05, 4.69) is 16.6 Å². The van der Waals surface area contributed by atoms with Crippen LogP contribution < -0.4 is 10.6 Å². The zero-order valence-corrected chi connectivity index (χ0v) is 10.8. The first-order valence-electron chi connectivity index (χ1n) is 4.97. The quantitative estimate of drug-likeness (QED) is 0.826. The highest BCUT2D eigenvalue weighted by Crippen LogP contribution is 2.25. The standard InChI is InChI=1S/C12H12Cl2N2O/c1-3-6-15-12(17)8(2)16-11-5-4-9(13)7-10(11)14/h1,4-5,7-8,16H,6H2,2H3,(H,15,17). The van der Waals surface area contributed by atoms with Gasteiger partial charge < -0.3 is 10.6 Å². The Kier molecular flexibility index (Phi) is 5.14.